The Morgan fingerprint density at radius 2 is 2.16 bits per heavy atom. The molecule has 1 aromatic carbocycles. The molecule has 0 atom stereocenters. The van der Waals surface area contributed by atoms with E-state index in [0.717, 1.165) is 11.8 Å². The van der Waals surface area contributed by atoms with Crippen molar-refractivity contribution < 1.29 is 18.6 Å². The quantitative estimate of drug-likeness (QED) is 0.387. The van der Waals surface area contributed by atoms with Gasteiger partial charge in [0, 0.05) is 17.7 Å². The predicted octanol–water partition coefficient (Wildman–Crippen LogP) is 2.65. The molecule has 0 saturated carbocycles. The number of nitrogens with one attached hydrogen (secondary N) is 1. The number of hydrogen-bond acceptors (Lipinski definition) is 8. The standard InChI is InChI=1S/C15H12N4O5S/c20-13(16-8-12-5-2-6-23-12)9-25-15-18-17-14(24-15)10-3-1-4-11(7-10)19(21)22/h1-7H,8-9H2,(H,16,20). The van der Waals surface area contributed by atoms with Crippen LogP contribution in [0.3, 0.4) is 0 Å². The van der Waals surface area contributed by atoms with Crippen molar-refractivity contribution in [1.29, 1.82) is 0 Å². The molecule has 10 heteroatoms. The SMILES string of the molecule is O=C(CSc1nnc(-c2cccc([N+](=O)[O-])c2)o1)NCc1ccco1. The Morgan fingerprint density at radius 1 is 1.28 bits per heavy atom. The summed E-state index contributed by atoms with van der Waals surface area (Å²) in [6, 6.07) is 9.38. The van der Waals surface area contributed by atoms with E-state index in [0.29, 0.717) is 17.9 Å². The van der Waals surface area contributed by atoms with Crippen LogP contribution in [-0.4, -0.2) is 26.8 Å². The molecule has 0 aliphatic rings. The van der Waals surface area contributed by atoms with Crippen LogP contribution >= 0.6 is 11.8 Å². The van der Waals surface area contributed by atoms with Crippen molar-refractivity contribution in [2.75, 3.05) is 5.75 Å². The lowest BCUT2D eigenvalue weighted by molar-refractivity contribution is -0.384. The van der Waals surface area contributed by atoms with Gasteiger partial charge in [0.15, 0.2) is 0 Å². The van der Waals surface area contributed by atoms with Crippen LogP contribution in [0.2, 0.25) is 0 Å². The van der Waals surface area contributed by atoms with Gasteiger partial charge in [-0.1, -0.05) is 17.8 Å². The highest BCUT2D eigenvalue weighted by Crippen LogP contribution is 2.25. The van der Waals surface area contributed by atoms with Gasteiger partial charge < -0.3 is 14.2 Å². The van der Waals surface area contributed by atoms with Crippen LogP contribution in [-0.2, 0) is 11.3 Å². The van der Waals surface area contributed by atoms with E-state index in [2.05, 4.69) is 15.5 Å². The smallest absolute Gasteiger partial charge is 0.277 e. The van der Waals surface area contributed by atoms with Crippen molar-refractivity contribution in [3.8, 4) is 11.5 Å². The molecule has 1 amide bonds. The number of amides is 1. The molecule has 3 rings (SSSR count). The van der Waals surface area contributed by atoms with E-state index in [9.17, 15) is 14.9 Å². The predicted molar refractivity (Wildman–Crippen MR) is 87.7 cm³/mol. The Morgan fingerprint density at radius 3 is 2.92 bits per heavy atom. The summed E-state index contributed by atoms with van der Waals surface area (Å²) < 4.78 is 10.5. The summed E-state index contributed by atoms with van der Waals surface area (Å²) in [5.74, 6) is 0.694. The zero-order valence-electron chi connectivity index (χ0n) is 12.7. The van der Waals surface area contributed by atoms with Gasteiger partial charge >= 0.3 is 0 Å². The lowest BCUT2D eigenvalue weighted by Gasteiger charge is -2.01. The number of carbonyl (C=O) groups is 1. The number of benzene rings is 1. The fourth-order valence-electron chi connectivity index (χ4n) is 1.91. The first kappa shape index (κ1) is 16.7. The van der Waals surface area contributed by atoms with Gasteiger partial charge in [-0.15, -0.1) is 10.2 Å². The molecular weight excluding hydrogens is 348 g/mol. The molecule has 0 bridgehead atoms. The summed E-state index contributed by atoms with van der Waals surface area (Å²) in [6.45, 7) is 0.301. The summed E-state index contributed by atoms with van der Waals surface area (Å²) in [7, 11) is 0. The number of non-ortho nitro benzene ring substituents is 1. The number of aromatic nitrogens is 2. The van der Waals surface area contributed by atoms with Crippen LogP contribution in [0.5, 0.6) is 0 Å². The molecule has 0 radical (unpaired) electrons. The second-order valence-electron chi connectivity index (χ2n) is 4.83. The third kappa shape index (κ3) is 4.44. The first-order valence-electron chi connectivity index (χ1n) is 7.12. The molecule has 2 aromatic heterocycles. The van der Waals surface area contributed by atoms with E-state index in [1.807, 2.05) is 0 Å². The second-order valence-corrected chi connectivity index (χ2v) is 5.75. The van der Waals surface area contributed by atoms with Gasteiger partial charge in [0.05, 0.1) is 23.5 Å². The van der Waals surface area contributed by atoms with E-state index in [4.69, 9.17) is 8.83 Å². The van der Waals surface area contributed by atoms with Crippen LogP contribution in [0.15, 0.2) is 56.7 Å². The third-order valence-corrected chi connectivity index (χ3v) is 3.90. The molecule has 0 spiro atoms. The Kier molecular flexibility index (Phi) is 5.09. The van der Waals surface area contributed by atoms with Gasteiger partial charge in [0.1, 0.15) is 5.76 Å². The molecule has 9 nitrogen and oxygen atoms in total. The van der Waals surface area contributed by atoms with Gasteiger partial charge in [-0.25, -0.2) is 0 Å². The Balaban J connectivity index is 1.55. The van der Waals surface area contributed by atoms with Crippen molar-refractivity contribution in [3.63, 3.8) is 0 Å². The number of nitrogens with zero attached hydrogens (tertiary/aromatic N) is 3. The summed E-state index contributed by atoms with van der Waals surface area (Å²) in [6.07, 6.45) is 1.53. The minimum Gasteiger partial charge on any atom is -0.467 e. The zero-order valence-corrected chi connectivity index (χ0v) is 13.6. The average Bonchev–Trinajstić information content (AvgIpc) is 3.30. The number of carbonyl (C=O) groups excluding carboxylic acids is 1. The van der Waals surface area contributed by atoms with Gasteiger partial charge in [0.25, 0.3) is 10.9 Å². The maximum Gasteiger partial charge on any atom is 0.277 e. The highest BCUT2D eigenvalue weighted by atomic mass is 32.2. The topological polar surface area (TPSA) is 124 Å². The molecule has 0 aliphatic heterocycles. The molecule has 1 N–H and O–H groups in total. The van der Waals surface area contributed by atoms with Crippen molar-refractivity contribution in [1.82, 2.24) is 15.5 Å². The van der Waals surface area contributed by atoms with Gasteiger partial charge in [0.2, 0.25) is 11.8 Å². The minimum absolute atomic E-state index is 0.0674. The summed E-state index contributed by atoms with van der Waals surface area (Å²) in [5.41, 5.74) is 0.373. The molecule has 2 heterocycles. The van der Waals surface area contributed by atoms with E-state index >= 15 is 0 Å². The van der Waals surface area contributed by atoms with Gasteiger partial charge in [-0.3, -0.25) is 14.9 Å². The van der Waals surface area contributed by atoms with Crippen molar-refractivity contribution in [2.24, 2.45) is 0 Å². The Labute approximate surface area is 145 Å². The highest BCUT2D eigenvalue weighted by molar-refractivity contribution is 7.99. The molecule has 0 fully saturated rings. The summed E-state index contributed by atoms with van der Waals surface area (Å²) in [4.78, 5) is 22.1. The second kappa shape index (κ2) is 7.62. The molecule has 25 heavy (non-hydrogen) atoms. The average molecular weight is 360 g/mol. The van der Waals surface area contributed by atoms with Crippen molar-refractivity contribution >= 4 is 23.4 Å². The monoisotopic (exact) mass is 360 g/mol. The maximum atomic E-state index is 11.8. The molecule has 0 aliphatic carbocycles. The van der Waals surface area contributed by atoms with Crippen LogP contribution in [0.25, 0.3) is 11.5 Å². The number of hydrogen-bond donors (Lipinski definition) is 1. The minimum atomic E-state index is -0.501. The molecule has 3 aromatic rings. The highest BCUT2D eigenvalue weighted by Gasteiger charge is 2.14. The molecule has 0 unspecified atom stereocenters. The van der Waals surface area contributed by atoms with E-state index in [1.165, 1.54) is 24.5 Å². The van der Waals surface area contributed by atoms with Crippen LogP contribution < -0.4 is 5.32 Å². The molecular formula is C15H12N4O5S. The number of thioether (sulfide) groups is 1. The van der Waals surface area contributed by atoms with Gasteiger partial charge in [-0.2, -0.15) is 0 Å². The largest absolute Gasteiger partial charge is 0.467 e. The summed E-state index contributed by atoms with van der Waals surface area (Å²) >= 11 is 1.07. The first-order chi connectivity index (χ1) is 12.1. The maximum absolute atomic E-state index is 11.8. The van der Waals surface area contributed by atoms with Crippen LogP contribution in [0.4, 0.5) is 5.69 Å². The van der Waals surface area contributed by atoms with E-state index in [1.54, 1.807) is 18.2 Å². The number of nitro benzene ring substituents is 1. The van der Waals surface area contributed by atoms with Gasteiger partial charge in [-0.05, 0) is 18.2 Å². The van der Waals surface area contributed by atoms with E-state index < -0.39 is 4.92 Å². The first-order valence-corrected chi connectivity index (χ1v) is 8.10. The lowest BCUT2D eigenvalue weighted by Crippen LogP contribution is -2.24. The molecule has 128 valence electrons. The lowest BCUT2D eigenvalue weighted by atomic mass is 10.2. The van der Waals surface area contributed by atoms with Crippen molar-refractivity contribution in [3.05, 3.63) is 58.5 Å². The number of nitro groups is 1. The third-order valence-electron chi connectivity index (χ3n) is 3.08. The van der Waals surface area contributed by atoms with Crippen LogP contribution in [0.1, 0.15) is 5.76 Å². The summed E-state index contributed by atoms with van der Waals surface area (Å²) in [5, 5.41) is 21.4. The van der Waals surface area contributed by atoms with E-state index in [-0.39, 0.29) is 28.5 Å². The Hall–Kier alpha value is -3.14. The van der Waals surface area contributed by atoms with Crippen molar-refractivity contribution in [2.45, 2.75) is 11.8 Å². The zero-order chi connectivity index (χ0) is 17.6. The van der Waals surface area contributed by atoms with Crippen LogP contribution in [0, 0.1) is 10.1 Å². The number of furan rings is 1. The normalized spacial score (nSPS) is 10.6. The fraction of sp³-hybridized carbons (Fsp3) is 0.133. The molecule has 0 saturated heterocycles. The number of rotatable bonds is 7. The Bertz CT molecular complexity index is 878. The fourth-order valence-corrected chi connectivity index (χ4v) is 2.51.